The normalized spacial score (nSPS) is 25.1. The Morgan fingerprint density at radius 1 is 0.955 bits per heavy atom. The van der Waals surface area contributed by atoms with Crippen LogP contribution in [0.2, 0.25) is 0 Å². The van der Waals surface area contributed by atoms with Gasteiger partial charge in [-0.05, 0) is 49.9 Å². The number of hydrogen-bond acceptors (Lipinski definition) is 4. The molecule has 0 saturated carbocycles. The molecule has 0 aromatic carbocycles. The molecule has 1 aliphatic rings. The number of nitrogens with one attached hydrogen (secondary N) is 1. The van der Waals surface area contributed by atoms with Crippen LogP contribution in [0, 0.1) is 13.8 Å². The minimum absolute atomic E-state index is 0.200. The van der Waals surface area contributed by atoms with E-state index in [1.54, 1.807) is 7.11 Å². The second kappa shape index (κ2) is 6.55. The van der Waals surface area contributed by atoms with E-state index in [0.29, 0.717) is 0 Å². The molecule has 3 heterocycles. The van der Waals surface area contributed by atoms with Gasteiger partial charge in [-0.25, -0.2) is 0 Å². The number of pyridine rings is 2. The summed E-state index contributed by atoms with van der Waals surface area (Å²) in [7, 11) is 1.79. The molecule has 2 aromatic rings. The summed E-state index contributed by atoms with van der Waals surface area (Å²) in [4.78, 5) is 9.17. The van der Waals surface area contributed by atoms with Crippen LogP contribution < -0.4 is 5.32 Å². The molecule has 1 aliphatic heterocycles. The van der Waals surface area contributed by atoms with Crippen LogP contribution in [0.5, 0.6) is 0 Å². The van der Waals surface area contributed by atoms with Gasteiger partial charge in [0, 0.05) is 19.5 Å². The maximum absolute atomic E-state index is 5.68. The van der Waals surface area contributed by atoms with Crippen molar-refractivity contribution >= 4 is 0 Å². The second-order valence-corrected chi connectivity index (χ2v) is 6.01. The van der Waals surface area contributed by atoms with Crippen LogP contribution in [0.25, 0.3) is 0 Å². The molecule has 0 amide bonds. The van der Waals surface area contributed by atoms with E-state index < -0.39 is 0 Å². The van der Waals surface area contributed by atoms with E-state index in [4.69, 9.17) is 4.74 Å². The van der Waals surface area contributed by atoms with Gasteiger partial charge < -0.3 is 10.1 Å². The Morgan fingerprint density at radius 2 is 1.45 bits per heavy atom. The predicted molar refractivity (Wildman–Crippen MR) is 86.6 cm³/mol. The molecule has 3 rings (SSSR count). The zero-order chi connectivity index (χ0) is 15.5. The number of aromatic nitrogens is 2. The smallest absolute Gasteiger partial charge is 0.0608 e. The zero-order valence-electron chi connectivity index (χ0n) is 13.4. The monoisotopic (exact) mass is 297 g/mol. The van der Waals surface area contributed by atoms with Crippen LogP contribution in [0.15, 0.2) is 36.7 Å². The molecule has 2 aromatic heterocycles. The third-order valence-corrected chi connectivity index (χ3v) is 4.49. The number of ether oxygens (including phenoxy) is 1. The van der Waals surface area contributed by atoms with Crippen molar-refractivity contribution in [2.75, 3.05) is 7.11 Å². The largest absolute Gasteiger partial charge is 0.381 e. The highest BCUT2D eigenvalue weighted by molar-refractivity contribution is 5.26. The van der Waals surface area contributed by atoms with Gasteiger partial charge in [0.25, 0.3) is 0 Å². The van der Waals surface area contributed by atoms with Crippen LogP contribution in [-0.2, 0) is 4.74 Å². The molecule has 0 spiro atoms. The van der Waals surface area contributed by atoms with E-state index in [-0.39, 0.29) is 18.2 Å². The Hall–Kier alpha value is -1.78. The summed E-state index contributed by atoms with van der Waals surface area (Å²) in [5.74, 6) is 0. The molecule has 1 N–H and O–H groups in total. The van der Waals surface area contributed by atoms with Gasteiger partial charge in [0.15, 0.2) is 0 Å². The lowest BCUT2D eigenvalue weighted by Gasteiger charge is -2.36. The molecule has 0 unspecified atom stereocenters. The highest BCUT2D eigenvalue weighted by Gasteiger charge is 2.32. The molecule has 4 heteroatoms. The maximum atomic E-state index is 5.68. The fourth-order valence-electron chi connectivity index (χ4n) is 3.30. The van der Waals surface area contributed by atoms with E-state index in [2.05, 4.69) is 41.3 Å². The van der Waals surface area contributed by atoms with E-state index in [0.717, 1.165) is 24.2 Å². The Balaban J connectivity index is 1.90. The summed E-state index contributed by atoms with van der Waals surface area (Å²) in [6.45, 7) is 4.23. The van der Waals surface area contributed by atoms with Crippen LogP contribution in [0.3, 0.4) is 0 Å². The standard InChI is InChI=1S/C18H23N3O/c1-12-6-4-8-19-17(12)15-10-14(22-3)11-16(21-15)18-13(2)7-5-9-20-18/h4-9,14-16,21H,10-11H2,1-3H3/t14-,15+,16-. The van der Waals surface area contributed by atoms with Crippen molar-refractivity contribution in [3.05, 3.63) is 59.2 Å². The highest BCUT2D eigenvalue weighted by atomic mass is 16.5. The molecular weight excluding hydrogens is 274 g/mol. The first-order chi connectivity index (χ1) is 10.7. The molecule has 22 heavy (non-hydrogen) atoms. The summed E-state index contributed by atoms with van der Waals surface area (Å²) in [6.07, 6.45) is 5.83. The first kappa shape index (κ1) is 15.1. The average molecular weight is 297 g/mol. The summed E-state index contributed by atoms with van der Waals surface area (Å²) >= 11 is 0. The lowest BCUT2D eigenvalue weighted by Crippen LogP contribution is -2.39. The van der Waals surface area contributed by atoms with E-state index in [1.807, 2.05) is 24.5 Å². The molecule has 4 nitrogen and oxygen atoms in total. The molecule has 0 aliphatic carbocycles. The SMILES string of the molecule is CO[C@@H]1C[C@@H](c2ncccc2C)N[C@@H](c2ncccc2C)C1. The lowest BCUT2D eigenvalue weighted by atomic mass is 9.89. The first-order valence-electron chi connectivity index (χ1n) is 7.81. The Kier molecular flexibility index (Phi) is 4.50. The van der Waals surface area contributed by atoms with E-state index >= 15 is 0 Å². The molecule has 116 valence electrons. The summed E-state index contributed by atoms with van der Waals surface area (Å²) in [5, 5.41) is 3.73. The zero-order valence-corrected chi connectivity index (χ0v) is 13.4. The Bertz CT molecular complexity index is 590. The average Bonchev–Trinajstić information content (AvgIpc) is 2.55. The molecular formula is C18H23N3O. The van der Waals surface area contributed by atoms with Crippen molar-refractivity contribution in [3.63, 3.8) is 0 Å². The van der Waals surface area contributed by atoms with Crippen molar-refractivity contribution in [1.82, 2.24) is 15.3 Å². The maximum Gasteiger partial charge on any atom is 0.0608 e. The number of nitrogens with zero attached hydrogens (tertiary/aromatic N) is 2. The predicted octanol–water partition coefficient (Wildman–Crippen LogP) is 3.27. The lowest BCUT2D eigenvalue weighted by molar-refractivity contribution is 0.0438. The quantitative estimate of drug-likeness (QED) is 0.944. The van der Waals surface area contributed by atoms with Gasteiger partial charge in [-0.2, -0.15) is 0 Å². The number of hydrogen-bond donors (Lipinski definition) is 1. The van der Waals surface area contributed by atoms with Crippen molar-refractivity contribution in [2.45, 2.75) is 44.9 Å². The van der Waals surface area contributed by atoms with Gasteiger partial charge >= 0.3 is 0 Å². The van der Waals surface area contributed by atoms with Gasteiger partial charge in [0.2, 0.25) is 0 Å². The number of methoxy groups -OCH3 is 1. The second-order valence-electron chi connectivity index (χ2n) is 6.01. The van der Waals surface area contributed by atoms with E-state index in [1.165, 1.54) is 11.1 Å². The third-order valence-electron chi connectivity index (χ3n) is 4.49. The number of aryl methyl sites for hydroxylation is 2. The fourth-order valence-corrected chi connectivity index (χ4v) is 3.30. The molecule has 0 bridgehead atoms. The van der Waals surface area contributed by atoms with Crippen molar-refractivity contribution in [2.24, 2.45) is 0 Å². The summed E-state index contributed by atoms with van der Waals surface area (Å²) in [5.41, 5.74) is 4.66. The minimum Gasteiger partial charge on any atom is -0.381 e. The Labute approximate surface area is 132 Å². The molecule has 1 fully saturated rings. The van der Waals surface area contributed by atoms with Gasteiger partial charge in [-0.3, -0.25) is 9.97 Å². The fraction of sp³-hybridized carbons (Fsp3) is 0.444. The molecule has 0 radical (unpaired) electrons. The van der Waals surface area contributed by atoms with Crippen LogP contribution in [-0.4, -0.2) is 23.2 Å². The topological polar surface area (TPSA) is 47.0 Å². The first-order valence-corrected chi connectivity index (χ1v) is 7.81. The minimum atomic E-state index is 0.200. The van der Waals surface area contributed by atoms with E-state index in [9.17, 15) is 0 Å². The van der Waals surface area contributed by atoms with Gasteiger partial charge in [0.05, 0.1) is 29.6 Å². The van der Waals surface area contributed by atoms with Crippen molar-refractivity contribution in [1.29, 1.82) is 0 Å². The number of piperidine rings is 1. The molecule has 1 saturated heterocycles. The van der Waals surface area contributed by atoms with Gasteiger partial charge in [-0.1, -0.05) is 12.1 Å². The van der Waals surface area contributed by atoms with Crippen molar-refractivity contribution in [3.8, 4) is 0 Å². The van der Waals surface area contributed by atoms with Crippen LogP contribution >= 0.6 is 0 Å². The third kappa shape index (κ3) is 3.03. The Morgan fingerprint density at radius 3 is 1.86 bits per heavy atom. The van der Waals surface area contributed by atoms with Gasteiger partial charge in [0.1, 0.15) is 0 Å². The van der Waals surface area contributed by atoms with Crippen LogP contribution in [0.1, 0.15) is 47.4 Å². The summed E-state index contributed by atoms with van der Waals surface area (Å²) in [6, 6.07) is 8.59. The van der Waals surface area contributed by atoms with Crippen LogP contribution in [0.4, 0.5) is 0 Å². The summed E-state index contributed by atoms with van der Waals surface area (Å²) < 4.78 is 5.68. The highest BCUT2D eigenvalue weighted by Crippen LogP contribution is 2.34. The van der Waals surface area contributed by atoms with Gasteiger partial charge in [-0.15, -0.1) is 0 Å². The van der Waals surface area contributed by atoms with Crippen molar-refractivity contribution < 1.29 is 4.74 Å². The number of rotatable bonds is 3. The molecule has 3 atom stereocenters.